The molecule has 5 nitrogen and oxygen atoms in total. The van der Waals surface area contributed by atoms with E-state index < -0.39 is 11.7 Å². The van der Waals surface area contributed by atoms with Gasteiger partial charge in [-0.05, 0) is 47.5 Å². The van der Waals surface area contributed by atoms with E-state index in [1.807, 2.05) is 30.3 Å². The number of hydrogen-bond acceptors (Lipinski definition) is 2. The van der Waals surface area contributed by atoms with Crippen molar-refractivity contribution in [1.29, 1.82) is 0 Å². The Kier molecular flexibility index (Phi) is 5.73. The first-order valence-electron chi connectivity index (χ1n) is 9.61. The number of nitrogens with one attached hydrogen (secondary N) is 1. The zero-order valence-electron chi connectivity index (χ0n) is 16.4. The molecule has 1 aromatic heterocycles. The molecule has 7 heteroatoms. The Bertz CT molecular complexity index is 1280. The molecule has 1 heterocycles. The van der Waals surface area contributed by atoms with Crippen molar-refractivity contribution in [2.24, 2.45) is 5.73 Å². The number of hydrogen-bond donors (Lipinski definition) is 2. The minimum absolute atomic E-state index is 0.0300. The molecular weight excluding hydrogens is 417 g/mol. The lowest BCUT2D eigenvalue weighted by Gasteiger charge is -2.10. The molecule has 4 aromatic rings. The van der Waals surface area contributed by atoms with Crippen LogP contribution in [-0.2, 0) is 13.1 Å². The highest BCUT2D eigenvalue weighted by atomic mass is 35.5. The molecule has 0 unspecified atom stereocenters. The van der Waals surface area contributed by atoms with Gasteiger partial charge in [0.05, 0.1) is 5.02 Å². The van der Waals surface area contributed by atoms with Gasteiger partial charge in [0.15, 0.2) is 0 Å². The fourth-order valence-electron chi connectivity index (χ4n) is 3.49. The van der Waals surface area contributed by atoms with Crippen molar-refractivity contribution in [3.05, 3.63) is 106 Å². The minimum atomic E-state index is -0.610. The first-order valence-corrected chi connectivity index (χ1v) is 9.99. The van der Waals surface area contributed by atoms with Crippen molar-refractivity contribution >= 4 is 34.3 Å². The van der Waals surface area contributed by atoms with E-state index in [2.05, 4.69) is 5.32 Å². The van der Waals surface area contributed by atoms with Crippen LogP contribution < -0.4 is 11.1 Å². The largest absolute Gasteiger partial charge is 0.364 e. The topological polar surface area (TPSA) is 77.1 Å². The Morgan fingerprint density at radius 2 is 1.74 bits per heavy atom. The van der Waals surface area contributed by atoms with Gasteiger partial charge >= 0.3 is 0 Å². The van der Waals surface area contributed by atoms with E-state index in [1.165, 1.54) is 12.1 Å². The van der Waals surface area contributed by atoms with Crippen LogP contribution in [0.5, 0.6) is 0 Å². The van der Waals surface area contributed by atoms with E-state index in [9.17, 15) is 14.0 Å². The average molecular weight is 436 g/mol. The number of nitrogens with two attached hydrogens (primary N) is 1. The van der Waals surface area contributed by atoms with Gasteiger partial charge in [-0.2, -0.15) is 0 Å². The Hall–Kier alpha value is -3.64. The minimum Gasteiger partial charge on any atom is -0.364 e. The van der Waals surface area contributed by atoms with Crippen LogP contribution in [-0.4, -0.2) is 16.4 Å². The molecule has 2 amide bonds. The molecule has 3 aromatic carbocycles. The molecular formula is C24H19ClFN3O2. The molecule has 3 N–H and O–H groups in total. The molecule has 0 aliphatic carbocycles. The van der Waals surface area contributed by atoms with Gasteiger partial charge < -0.3 is 15.6 Å². The number of nitrogens with zero attached hydrogens (tertiary/aromatic N) is 1. The van der Waals surface area contributed by atoms with E-state index >= 15 is 0 Å². The molecule has 0 aliphatic rings. The number of primary amides is 1. The maximum Gasteiger partial charge on any atom is 0.265 e. The van der Waals surface area contributed by atoms with Gasteiger partial charge in [0.2, 0.25) is 0 Å². The monoisotopic (exact) mass is 435 g/mol. The van der Waals surface area contributed by atoms with Crippen LogP contribution in [0.3, 0.4) is 0 Å². The highest BCUT2D eigenvalue weighted by molar-refractivity contribution is 6.30. The average Bonchev–Trinajstić information content (AvgIpc) is 3.13. The molecule has 0 saturated heterocycles. The summed E-state index contributed by atoms with van der Waals surface area (Å²) in [6.45, 7) is 0.642. The fraction of sp³-hybridized carbons (Fsp3) is 0.0833. The van der Waals surface area contributed by atoms with Crippen molar-refractivity contribution in [3.63, 3.8) is 0 Å². The highest BCUT2D eigenvalue weighted by Gasteiger charge is 2.16. The molecule has 0 spiro atoms. The van der Waals surface area contributed by atoms with Gasteiger partial charge in [-0.3, -0.25) is 9.59 Å². The van der Waals surface area contributed by atoms with Crippen LogP contribution in [0.2, 0.25) is 5.02 Å². The number of amides is 2. The van der Waals surface area contributed by atoms with Gasteiger partial charge in [0.25, 0.3) is 11.8 Å². The lowest BCUT2D eigenvalue weighted by Crippen LogP contribution is -2.22. The molecule has 156 valence electrons. The van der Waals surface area contributed by atoms with Crippen molar-refractivity contribution in [3.8, 4) is 0 Å². The van der Waals surface area contributed by atoms with E-state index in [0.717, 1.165) is 5.56 Å². The summed E-state index contributed by atoms with van der Waals surface area (Å²) in [5, 5.41) is 3.60. The van der Waals surface area contributed by atoms with E-state index in [4.69, 9.17) is 17.3 Å². The summed E-state index contributed by atoms with van der Waals surface area (Å²) >= 11 is 5.76. The number of rotatable bonds is 6. The second-order valence-electron chi connectivity index (χ2n) is 7.17. The molecule has 0 saturated carbocycles. The Morgan fingerprint density at radius 1 is 0.968 bits per heavy atom. The SMILES string of the molecule is NC(=O)c1cc2cc(C(=O)NCc3ccccc3)ccc2n1Cc1ccc(Cl)c(F)c1. The van der Waals surface area contributed by atoms with Crippen molar-refractivity contribution in [2.45, 2.75) is 13.1 Å². The predicted molar refractivity (Wildman–Crippen MR) is 119 cm³/mol. The van der Waals surface area contributed by atoms with Gasteiger partial charge in [-0.15, -0.1) is 0 Å². The normalized spacial score (nSPS) is 10.9. The third kappa shape index (κ3) is 4.44. The summed E-state index contributed by atoms with van der Waals surface area (Å²) in [5.41, 5.74) is 8.64. The van der Waals surface area contributed by atoms with Crippen LogP contribution in [0.1, 0.15) is 32.0 Å². The fourth-order valence-corrected chi connectivity index (χ4v) is 3.61. The quantitative estimate of drug-likeness (QED) is 0.467. The second kappa shape index (κ2) is 8.62. The zero-order valence-corrected chi connectivity index (χ0v) is 17.2. The summed E-state index contributed by atoms with van der Waals surface area (Å²) in [6, 6.07) is 20.9. The van der Waals surface area contributed by atoms with Crippen LogP contribution in [0.25, 0.3) is 10.9 Å². The maximum absolute atomic E-state index is 13.8. The Labute approximate surface area is 183 Å². The summed E-state index contributed by atoms with van der Waals surface area (Å²) in [7, 11) is 0. The number of benzene rings is 3. The third-order valence-corrected chi connectivity index (χ3v) is 5.34. The van der Waals surface area contributed by atoms with Gasteiger partial charge in [0.1, 0.15) is 11.5 Å². The molecule has 0 bridgehead atoms. The van der Waals surface area contributed by atoms with Crippen LogP contribution in [0.4, 0.5) is 4.39 Å². The first-order chi connectivity index (χ1) is 14.9. The molecule has 31 heavy (non-hydrogen) atoms. The predicted octanol–water partition coefficient (Wildman–Crippen LogP) is 4.51. The Morgan fingerprint density at radius 3 is 2.45 bits per heavy atom. The smallest absolute Gasteiger partial charge is 0.265 e. The van der Waals surface area contributed by atoms with Crippen molar-refractivity contribution < 1.29 is 14.0 Å². The molecule has 0 aliphatic heterocycles. The van der Waals surface area contributed by atoms with Crippen molar-refractivity contribution in [2.75, 3.05) is 0 Å². The number of fused-ring (bicyclic) bond motifs is 1. The molecule has 0 radical (unpaired) electrons. The van der Waals surface area contributed by atoms with Gasteiger partial charge in [0, 0.05) is 29.6 Å². The van der Waals surface area contributed by atoms with E-state index in [1.54, 1.807) is 34.9 Å². The van der Waals surface area contributed by atoms with Crippen LogP contribution >= 0.6 is 11.6 Å². The summed E-state index contributed by atoms with van der Waals surface area (Å²) in [4.78, 5) is 24.6. The highest BCUT2D eigenvalue weighted by Crippen LogP contribution is 2.24. The third-order valence-electron chi connectivity index (χ3n) is 5.04. The summed E-state index contributed by atoms with van der Waals surface area (Å²) < 4.78 is 15.5. The lowest BCUT2D eigenvalue weighted by atomic mass is 10.1. The standard InChI is InChI=1S/C24H19ClFN3O2/c25-19-8-6-16(10-20(19)26)14-29-21-9-7-17(11-18(21)12-22(29)23(27)30)24(31)28-13-15-4-2-1-3-5-15/h1-12H,13-14H2,(H2,27,30)(H,28,31). The lowest BCUT2D eigenvalue weighted by molar-refractivity contribution is 0.0949. The number of halogens is 2. The van der Waals surface area contributed by atoms with Gasteiger partial charge in [-0.1, -0.05) is 48.0 Å². The van der Waals surface area contributed by atoms with E-state index in [-0.39, 0.29) is 23.2 Å². The zero-order chi connectivity index (χ0) is 22.0. The molecule has 4 rings (SSSR count). The molecule has 0 atom stereocenters. The van der Waals surface area contributed by atoms with Crippen LogP contribution in [0.15, 0.2) is 72.8 Å². The first kappa shape index (κ1) is 20.6. The second-order valence-corrected chi connectivity index (χ2v) is 7.58. The van der Waals surface area contributed by atoms with E-state index in [0.29, 0.717) is 28.6 Å². The summed E-state index contributed by atoms with van der Waals surface area (Å²) in [6.07, 6.45) is 0. The maximum atomic E-state index is 13.8. The van der Waals surface area contributed by atoms with Gasteiger partial charge in [-0.25, -0.2) is 4.39 Å². The number of carbonyl (C=O) groups is 2. The Balaban J connectivity index is 1.63. The summed E-state index contributed by atoms with van der Waals surface area (Å²) in [5.74, 6) is -1.37. The van der Waals surface area contributed by atoms with Crippen molar-refractivity contribution in [1.82, 2.24) is 9.88 Å². The number of aromatic nitrogens is 1. The number of carbonyl (C=O) groups excluding carboxylic acids is 2. The molecule has 0 fully saturated rings. The van der Waals surface area contributed by atoms with Crippen LogP contribution in [0, 0.1) is 5.82 Å².